The second-order valence-corrected chi connectivity index (χ2v) is 5.29. The average molecular weight is 245 g/mol. The van der Waals surface area contributed by atoms with E-state index in [1.165, 1.54) is 0 Å². The van der Waals surface area contributed by atoms with Gasteiger partial charge in [0, 0.05) is 6.54 Å². The van der Waals surface area contributed by atoms with E-state index in [1.807, 2.05) is 29.2 Å². The molecule has 4 rings (SSSR count). The van der Waals surface area contributed by atoms with E-state index in [4.69, 9.17) is 9.47 Å². The van der Waals surface area contributed by atoms with Crippen molar-refractivity contribution in [3.63, 3.8) is 0 Å². The highest BCUT2D eigenvalue weighted by Crippen LogP contribution is 2.51. The Kier molecular flexibility index (Phi) is 2.01. The smallest absolute Gasteiger partial charge is 0.229 e. The van der Waals surface area contributed by atoms with Gasteiger partial charge in [-0.3, -0.25) is 4.79 Å². The molecular weight excluding hydrogens is 230 g/mol. The minimum absolute atomic E-state index is 0.137. The van der Waals surface area contributed by atoms with E-state index in [-0.39, 0.29) is 17.9 Å². The van der Waals surface area contributed by atoms with Gasteiger partial charge >= 0.3 is 0 Å². The number of fused-ring (bicyclic) bond motifs is 5. The van der Waals surface area contributed by atoms with Crippen LogP contribution in [0, 0.1) is 5.92 Å². The Hall–Kier alpha value is -1.55. The third-order valence-corrected chi connectivity index (χ3v) is 4.35. The first-order valence-corrected chi connectivity index (χ1v) is 6.37. The monoisotopic (exact) mass is 245 g/mol. The number of methoxy groups -OCH3 is 1. The van der Waals surface area contributed by atoms with E-state index in [9.17, 15) is 4.79 Å². The van der Waals surface area contributed by atoms with Gasteiger partial charge in [-0.25, -0.2) is 0 Å². The summed E-state index contributed by atoms with van der Waals surface area (Å²) in [5, 5.41) is 0. The van der Waals surface area contributed by atoms with Crippen LogP contribution in [0.25, 0.3) is 0 Å². The van der Waals surface area contributed by atoms with Crippen LogP contribution in [0.5, 0.6) is 5.75 Å². The molecule has 4 nitrogen and oxygen atoms in total. The summed E-state index contributed by atoms with van der Waals surface area (Å²) >= 11 is 0. The highest BCUT2D eigenvalue weighted by molar-refractivity contribution is 5.84. The van der Waals surface area contributed by atoms with Gasteiger partial charge in [0.25, 0.3) is 0 Å². The lowest BCUT2D eigenvalue weighted by molar-refractivity contribution is -0.133. The summed E-state index contributed by atoms with van der Waals surface area (Å²) in [5.41, 5.74) is 1.15. The zero-order valence-corrected chi connectivity index (χ0v) is 10.2. The van der Waals surface area contributed by atoms with Gasteiger partial charge in [-0.2, -0.15) is 0 Å². The number of hydrogen-bond acceptors (Lipinski definition) is 3. The summed E-state index contributed by atoms with van der Waals surface area (Å²) in [4.78, 5) is 14.1. The zero-order valence-electron chi connectivity index (χ0n) is 10.2. The first-order chi connectivity index (χ1) is 8.78. The van der Waals surface area contributed by atoms with Gasteiger partial charge in [-0.15, -0.1) is 0 Å². The topological polar surface area (TPSA) is 42.1 Å². The predicted octanol–water partition coefficient (Wildman–Crippen LogP) is 1.19. The Bertz CT molecular complexity index is 498. The highest BCUT2D eigenvalue weighted by atomic mass is 16.6. The van der Waals surface area contributed by atoms with Crippen LogP contribution in [0.1, 0.15) is 12.0 Å². The Balaban J connectivity index is 1.52. The van der Waals surface area contributed by atoms with Gasteiger partial charge in [0.15, 0.2) is 0 Å². The molecule has 1 saturated carbocycles. The normalized spacial score (nSPS) is 35.8. The number of carbonyl (C=O) groups excluding carboxylic acids is 1. The molecule has 2 aliphatic heterocycles. The zero-order chi connectivity index (χ0) is 12.3. The number of benzene rings is 1. The molecule has 0 N–H and O–H groups in total. The van der Waals surface area contributed by atoms with Crippen LogP contribution >= 0.6 is 0 Å². The van der Waals surface area contributed by atoms with Crippen LogP contribution in [0.3, 0.4) is 0 Å². The second kappa shape index (κ2) is 3.48. The first kappa shape index (κ1) is 10.4. The maximum Gasteiger partial charge on any atom is 0.229 e. The standard InChI is InChI=1S/C14H15NO3/c1-17-9-4-2-8(3-5-9)7-15-11-6-10(14(15)16)12-13(11)18-12/h2-5,10-13H,6-7H2,1H3. The van der Waals surface area contributed by atoms with Crippen molar-refractivity contribution in [1.29, 1.82) is 0 Å². The number of likely N-dealkylation sites (tertiary alicyclic amines) is 1. The molecule has 4 atom stereocenters. The SMILES string of the molecule is COc1ccc(CN2C(=O)C3CC2C2OC32)cc1. The number of nitrogens with zero attached hydrogens (tertiary/aromatic N) is 1. The van der Waals surface area contributed by atoms with Crippen molar-refractivity contribution < 1.29 is 14.3 Å². The lowest BCUT2D eigenvalue weighted by Gasteiger charge is -2.25. The molecule has 3 fully saturated rings. The quantitative estimate of drug-likeness (QED) is 0.751. The summed E-state index contributed by atoms with van der Waals surface area (Å²) in [6, 6.07) is 8.22. The minimum atomic E-state index is 0.137. The van der Waals surface area contributed by atoms with E-state index in [0.29, 0.717) is 18.7 Å². The summed E-state index contributed by atoms with van der Waals surface area (Å²) in [6.45, 7) is 0.691. The van der Waals surface area contributed by atoms with Crippen molar-refractivity contribution >= 4 is 5.91 Å². The molecule has 4 unspecified atom stereocenters. The molecule has 0 spiro atoms. The molecule has 18 heavy (non-hydrogen) atoms. The number of ether oxygens (including phenoxy) is 2. The van der Waals surface area contributed by atoms with Crippen LogP contribution in [-0.4, -0.2) is 36.2 Å². The molecule has 0 radical (unpaired) electrons. The van der Waals surface area contributed by atoms with Crippen molar-refractivity contribution in [3.8, 4) is 5.75 Å². The number of rotatable bonds is 3. The van der Waals surface area contributed by atoms with Gasteiger partial charge in [-0.05, 0) is 24.1 Å². The van der Waals surface area contributed by atoms with E-state index >= 15 is 0 Å². The molecule has 1 aromatic carbocycles. The fourth-order valence-corrected chi connectivity index (χ4v) is 3.34. The Morgan fingerprint density at radius 2 is 2.11 bits per heavy atom. The Labute approximate surface area is 105 Å². The second-order valence-electron chi connectivity index (χ2n) is 5.29. The fraction of sp³-hybridized carbons (Fsp3) is 0.500. The minimum Gasteiger partial charge on any atom is -0.497 e. The van der Waals surface area contributed by atoms with Crippen molar-refractivity contribution in [3.05, 3.63) is 29.8 Å². The van der Waals surface area contributed by atoms with Crippen molar-refractivity contribution in [2.45, 2.75) is 31.2 Å². The molecule has 1 aromatic rings. The molecule has 3 aliphatic rings. The van der Waals surface area contributed by atoms with E-state index in [0.717, 1.165) is 17.7 Å². The molecule has 1 amide bonds. The number of hydrogen-bond donors (Lipinski definition) is 0. The molecule has 4 heteroatoms. The van der Waals surface area contributed by atoms with Gasteiger partial charge < -0.3 is 14.4 Å². The van der Waals surface area contributed by atoms with Crippen molar-refractivity contribution in [2.24, 2.45) is 5.92 Å². The Morgan fingerprint density at radius 1 is 1.33 bits per heavy atom. The molecule has 2 heterocycles. The number of piperidine rings is 1. The highest BCUT2D eigenvalue weighted by Gasteiger charge is 2.66. The van der Waals surface area contributed by atoms with Crippen molar-refractivity contribution in [1.82, 2.24) is 4.90 Å². The summed E-state index contributed by atoms with van der Waals surface area (Å²) < 4.78 is 10.7. The molecule has 2 saturated heterocycles. The van der Waals surface area contributed by atoms with Crippen LogP contribution in [0.15, 0.2) is 24.3 Å². The lowest BCUT2D eigenvalue weighted by atomic mass is 10.1. The molecular formula is C14H15NO3. The van der Waals surface area contributed by atoms with Gasteiger partial charge in [0.05, 0.1) is 25.2 Å². The summed E-state index contributed by atoms with van der Waals surface area (Å²) in [7, 11) is 1.66. The first-order valence-electron chi connectivity index (χ1n) is 6.37. The molecule has 1 aliphatic carbocycles. The summed E-state index contributed by atoms with van der Waals surface area (Å²) in [5.74, 6) is 1.26. The van der Waals surface area contributed by atoms with Crippen molar-refractivity contribution in [2.75, 3.05) is 7.11 Å². The Morgan fingerprint density at radius 3 is 2.78 bits per heavy atom. The largest absolute Gasteiger partial charge is 0.497 e. The third kappa shape index (κ3) is 1.32. The van der Waals surface area contributed by atoms with Crippen LogP contribution in [0.2, 0.25) is 0 Å². The molecule has 0 aromatic heterocycles. The maximum atomic E-state index is 12.2. The van der Waals surface area contributed by atoms with Gasteiger partial charge in [0.2, 0.25) is 5.91 Å². The molecule has 2 bridgehead atoms. The number of amides is 1. The predicted molar refractivity (Wildman–Crippen MR) is 64.1 cm³/mol. The van der Waals surface area contributed by atoms with E-state index < -0.39 is 0 Å². The van der Waals surface area contributed by atoms with Crippen LogP contribution < -0.4 is 4.74 Å². The molecule has 94 valence electrons. The van der Waals surface area contributed by atoms with Crippen LogP contribution in [-0.2, 0) is 16.1 Å². The maximum absolute atomic E-state index is 12.2. The van der Waals surface area contributed by atoms with Gasteiger partial charge in [-0.1, -0.05) is 12.1 Å². The fourth-order valence-electron chi connectivity index (χ4n) is 3.34. The van der Waals surface area contributed by atoms with Crippen LogP contribution in [0.4, 0.5) is 0 Å². The van der Waals surface area contributed by atoms with Gasteiger partial charge in [0.1, 0.15) is 11.9 Å². The van der Waals surface area contributed by atoms with E-state index in [2.05, 4.69) is 0 Å². The summed E-state index contributed by atoms with van der Waals surface area (Å²) in [6.07, 6.45) is 1.56. The average Bonchev–Trinajstić information content (AvgIpc) is 3.04. The lowest BCUT2D eigenvalue weighted by Crippen LogP contribution is -2.40. The number of epoxide rings is 1. The van der Waals surface area contributed by atoms with E-state index in [1.54, 1.807) is 7.11 Å². The third-order valence-electron chi connectivity index (χ3n) is 4.35. The number of carbonyl (C=O) groups is 1.